The lowest BCUT2D eigenvalue weighted by Crippen LogP contribution is -2.32. The molecule has 0 unspecified atom stereocenters. The second-order valence-electron chi connectivity index (χ2n) is 4.82. The van der Waals surface area contributed by atoms with E-state index in [9.17, 15) is 15.0 Å². The van der Waals surface area contributed by atoms with E-state index < -0.39 is 18.3 Å². The number of ketones is 1. The van der Waals surface area contributed by atoms with Crippen LogP contribution in [0.15, 0.2) is 23.3 Å². The number of hydrogen-bond donors (Lipinski definition) is 2. The molecule has 0 bridgehead atoms. The molecule has 0 spiro atoms. The van der Waals surface area contributed by atoms with E-state index in [2.05, 4.69) is 6.92 Å². The molecule has 0 saturated carbocycles. The normalized spacial score (nSPS) is 31.1. The number of aliphatic hydroxyl groups is 2. The number of unbranched alkanes of at least 4 members (excludes halogenated alkanes) is 3. The molecule has 0 amide bonds. The number of rotatable bonds is 6. The van der Waals surface area contributed by atoms with Gasteiger partial charge in [-0.05, 0) is 18.4 Å². The van der Waals surface area contributed by atoms with E-state index >= 15 is 0 Å². The molecule has 0 aromatic rings. The van der Waals surface area contributed by atoms with Crippen molar-refractivity contribution in [2.45, 2.75) is 50.9 Å². The topological polar surface area (TPSA) is 70.1 Å². The van der Waals surface area contributed by atoms with Crippen LogP contribution in [0.2, 0.25) is 0 Å². The number of carbonyl (C=O) groups excluding carboxylic acids is 1. The highest BCUT2D eigenvalue weighted by atomic mass is 16.6. The molecule has 18 heavy (non-hydrogen) atoms. The monoisotopic (exact) mass is 252 g/mol. The van der Waals surface area contributed by atoms with Gasteiger partial charge in [0.2, 0.25) is 0 Å². The summed E-state index contributed by atoms with van der Waals surface area (Å²) in [6.07, 6.45) is 6.37. The van der Waals surface area contributed by atoms with E-state index in [0.717, 1.165) is 19.3 Å². The summed E-state index contributed by atoms with van der Waals surface area (Å²) in [5, 5.41) is 19.3. The largest absolute Gasteiger partial charge is 0.392 e. The van der Waals surface area contributed by atoms with Crippen molar-refractivity contribution in [2.24, 2.45) is 0 Å². The minimum Gasteiger partial charge on any atom is -0.392 e. The van der Waals surface area contributed by atoms with Crippen molar-refractivity contribution in [1.82, 2.24) is 0 Å². The standard InChI is InChI=1S/C14H20O4/c1-2-3-4-5-6-7-9-10(8-15)12(17)14-13(18-14)11(9)16/h6-7,11,13-16H,2-5,8H2,1H3/b7-6-/t11-,13+,14-/m1/s1. The van der Waals surface area contributed by atoms with Gasteiger partial charge in [-0.2, -0.15) is 0 Å². The average molecular weight is 252 g/mol. The van der Waals surface area contributed by atoms with Crippen LogP contribution in [0, 0.1) is 0 Å². The van der Waals surface area contributed by atoms with Crippen molar-refractivity contribution in [3.8, 4) is 0 Å². The molecule has 1 heterocycles. The third-order valence-electron chi connectivity index (χ3n) is 3.49. The Morgan fingerprint density at radius 2 is 2.17 bits per heavy atom. The molecule has 0 aromatic carbocycles. The van der Waals surface area contributed by atoms with Crippen LogP contribution in [0.4, 0.5) is 0 Å². The molecule has 1 aliphatic heterocycles. The number of carbonyl (C=O) groups is 1. The molecule has 100 valence electrons. The molecular formula is C14H20O4. The quantitative estimate of drug-likeness (QED) is 0.549. The Balaban J connectivity index is 2.05. The lowest BCUT2D eigenvalue weighted by molar-refractivity contribution is -0.117. The summed E-state index contributed by atoms with van der Waals surface area (Å²) in [7, 11) is 0. The summed E-state index contributed by atoms with van der Waals surface area (Å²) >= 11 is 0. The van der Waals surface area contributed by atoms with E-state index in [4.69, 9.17) is 4.74 Å². The number of fused-ring (bicyclic) bond motifs is 1. The predicted octanol–water partition coefficient (Wildman–Crippen LogP) is 1.12. The van der Waals surface area contributed by atoms with Gasteiger partial charge >= 0.3 is 0 Å². The summed E-state index contributed by atoms with van der Waals surface area (Å²) in [6.45, 7) is 1.81. The van der Waals surface area contributed by atoms with Crippen molar-refractivity contribution >= 4 is 5.78 Å². The smallest absolute Gasteiger partial charge is 0.193 e. The number of allylic oxidation sites excluding steroid dienone is 1. The second kappa shape index (κ2) is 5.78. The third-order valence-corrected chi connectivity index (χ3v) is 3.49. The first-order valence-electron chi connectivity index (χ1n) is 6.58. The first kappa shape index (κ1) is 13.5. The van der Waals surface area contributed by atoms with Gasteiger partial charge in [-0.3, -0.25) is 4.79 Å². The average Bonchev–Trinajstić information content (AvgIpc) is 3.15. The molecule has 4 nitrogen and oxygen atoms in total. The van der Waals surface area contributed by atoms with Gasteiger partial charge in [0.15, 0.2) is 5.78 Å². The molecule has 0 aromatic heterocycles. The van der Waals surface area contributed by atoms with Gasteiger partial charge in [-0.15, -0.1) is 0 Å². The Bertz CT molecular complexity index is 383. The van der Waals surface area contributed by atoms with Crippen molar-refractivity contribution in [2.75, 3.05) is 6.61 Å². The molecule has 2 N–H and O–H groups in total. The van der Waals surface area contributed by atoms with Crippen molar-refractivity contribution < 1.29 is 19.7 Å². The summed E-state index contributed by atoms with van der Waals surface area (Å²) in [4.78, 5) is 11.8. The van der Waals surface area contributed by atoms with Gasteiger partial charge in [-0.25, -0.2) is 0 Å². The maximum atomic E-state index is 11.8. The summed E-state index contributed by atoms with van der Waals surface area (Å²) in [5.74, 6) is -0.180. The van der Waals surface area contributed by atoms with Crippen molar-refractivity contribution in [1.29, 1.82) is 0 Å². The highest BCUT2D eigenvalue weighted by molar-refractivity contribution is 6.03. The third kappa shape index (κ3) is 2.55. The van der Waals surface area contributed by atoms with Crippen molar-refractivity contribution in [3.05, 3.63) is 23.3 Å². The lowest BCUT2D eigenvalue weighted by atomic mass is 9.88. The van der Waals surface area contributed by atoms with Crippen LogP contribution in [-0.2, 0) is 9.53 Å². The number of hydrogen-bond acceptors (Lipinski definition) is 4. The van der Waals surface area contributed by atoms with Gasteiger partial charge < -0.3 is 14.9 Å². The van der Waals surface area contributed by atoms with Crippen LogP contribution in [0.5, 0.6) is 0 Å². The van der Waals surface area contributed by atoms with E-state index in [1.54, 1.807) is 6.08 Å². The highest BCUT2D eigenvalue weighted by Crippen LogP contribution is 2.38. The SMILES string of the molecule is CCCCC/C=C\C1=C(CO)C(=O)[C@H]2O[C@H]2[C@@H]1O. The first-order chi connectivity index (χ1) is 8.70. The van der Waals surface area contributed by atoms with E-state index in [1.165, 1.54) is 6.42 Å². The van der Waals surface area contributed by atoms with Crippen LogP contribution in [0.25, 0.3) is 0 Å². The van der Waals surface area contributed by atoms with Crippen LogP contribution in [0.1, 0.15) is 32.6 Å². The fraction of sp³-hybridized carbons (Fsp3) is 0.643. The highest BCUT2D eigenvalue weighted by Gasteiger charge is 2.55. The Morgan fingerprint density at radius 1 is 1.39 bits per heavy atom. The fourth-order valence-corrected chi connectivity index (χ4v) is 2.34. The Hall–Kier alpha value is -0.970. The Labute approximate surface area is 107 Å². The van der Waals surface area contributed by atoms with Crippen LogP contribution < -0.4 is 0 Å². The molecule has 1 fully saturated rings. The van der Waals surface area contributed by atoms with Gasteiger partial charge in [0.25, 0.3) is 0 Å². The zero-order valence-electron chi connectivity index (χ0n) is 10.6. The molecule has 0 radical (unpaired) electrons. The molecule has 2 rings (SSSR count). The van der Waals surface area contributed by atoms with E-state index in [0.29, 0.717) is 11.1 Å². The fourth-order valence-electron chi connectivity index (χ4n) is 2.34. The van der Waals surface area contributed by atoms with E-state index in [1.807, 2.05) is 6.08 Å². The summed E-state index contributed by atoms with van der Waals surface area (Å²) < 4.78 is 5.12. The molecular weight excluding hydrogens is 232 g/mol. The number of Topliss-reactive ketones (excluding diaryl/α,β-unsaturated/α-hetero) is 1. The zero-order valence-corrected chi connectivity index (χ0v) is 10.6. The van der Waals surface area contributed by atoms with Crippen LogP contribution in [-0.4, -0.2) is 40.9 Å². The minimum absolute atomic E-state index is 0.180. The molecule has 2 aliphatic rings. The van der Waals surface area contributed by atoms with Crippen molar-refractivity contribution in [3.63, 3.8) is 0 Å². The van der Waals surface area contributed by atoms with Gasteiger partial charge in [0.1, 0.15) is 18.3 Å². The molecule has 4 heteroatoms. The summed E-state index contributed by atoms with van der Waals surface area (Å²) in [5.41, 5.74) is 0.825. The predicted molar refractivity (Wildman–Crippen MR) is 67.1 cm³/mol. The molecule has 1 aliphatic carbocycles. The summed E-state index contributed by atoms with van der Waals surface area (Å²) in [6, 6.07) is 0. The first-order valence-corrected chi connectivity index (χ1v) is 6.58. The minimum atomic E-state index is -0.780. The maximum Gasteiger partial charge on any atom is 0.193 e. The zero-order chi connectivity index (χ0) is 13.1. The number of epoxide rings is 1. The van der Waals surface area contributed by atoms with E-state index in [-0.39, 0.29) is 12.4 Å². The molecule has 3 atom stereocenters. The van der Waals surface area contributed by atoms with Crippen LogP contribution in [0.3, 0.4) is 0 Å². The van der Waals surface area contributed by atoms with Gasteiger partial charge in [0.05, 0.1) is 6.61 Å². The second-order valence-corrected chi connectivity index (χ2v) is 4.82. The Kier molecular flexibility index (Phi) is 4.32. The van der Waals surface area contributed by atoms with Crippen LogP contribution >= 0.6 is 0 Å². The van der Waals surface area contributed by atoms with Gasteiger partial charge in [0, 0.05) is 5.57 Å². The number of ether oxygens (including phenoxy) is 1. The number of aliphatic hydroxyl groups excluding tert-OH is 2. The maximum absolute atomic E-state index is 11.8. The molecule has 1 saturated heterocycles. The Morgan fingerprint density at radius 3 is 2.83 bits per heavy atom. The van der Waals surface area contributed by atoms with Gasteiger partial charge in [-0.1, -0.05) is 31.9 Å². The lowest BCUT2D eigenvalue weighted by Gasteiger charge is -2.17.